The van der Waals surface area contributed by atoms with Gasteiger partial charge in [0.15, 0.2) is 17.8 Å². The second-order valence-corrected chi connectivity index (χ2v) is 4.53. The van der Waals surface area contributed by atoms with Gasteiger partial charge in [-0.25, -0.2) is 4.79 Å². The van der Waals surface area contributed by atoms with E-state index in [1.807, 2.05) is 0 Å². The maximum atomic E-state index is 11.1. The highest BCUT2D eigenvalue weighted by Crippen LogP contribution is 2.33. The zero-order valence-corrected chi connectivity index (χ0v) is 12.8. The Morgan fingerprint density at radius 2 is 2.15 bits per heavy atom. The molecule has 0 saturated heterocycles. The third kappa shape index (κ3) is 4.70. The standard InChI is InChI=1S/C14H15BrO5/c1-3-19-13(17)5-4-6-20-14-10(9-16)7-11(15)8-12(14)18-2/h4-5,7-9H,3,6H2,1-2H3/b5-4+. The number of halogens is 1. The lowest BCUT2D eigenvalue weighted by Crippen LogP contribution is -2.03. The monoisotopic (exact) mass is 342 g/mol. The third-order valence-electron chi connectivity index (χ3n) is 2.26. The number of rotatable bonds is 7. The van der Waals surface area contributed by atoms with Crippen molar-refractivity contribution in [3.63, 3.8) is 0 Å². The largest absolute Gasteiger partial charge is 0.493 e. The molecule has 20 heavy (non-hydrogen) atoms. The van der Waals surface area contributed by atoms with Crippen LogP contribution in [-0.4, -0.2) is 32.6 Å². The van der Waals surface area contributed by atoms with E-state index in [1.54, 1.807) is 19.1 Å². The van der Waals surface area contributed by atoms with Crippen LogP contribution in [0, 0.1) is 0 Å². The maximum absolute atomic E-state index is 11.1. The Bertz CT molecular complexity index is 511. The summed E-state index contributed by atoms with van der Waals surface area (Å²) in [6.45, 7) is 2.17. The van der Waals surface area contributed by atoms with E-state index in [1.165, 1.54) is 19.3 Å². The third-order valence-corrected chi connectivity index (χ3v) is 2.72. The molecular formula is C14H15BrO5. The minimum absolute atomic E-state index is 0.123. The Hall–Kier alpha value is -1.82. The van der Waals surface area contributed by atoms with Gasteiger partial charge in [-0.05, 0) is 25.1 Å². The molecule has 0 unspecified atom stereocenters. The first-order valence-electron chi connectivity index (χ1n) is 5.91. The lowest BCUT2D eigenvalue weighted by atomic mass is 10.2. The van der Waals surface area contributed by atoms with Gasteiger partial charge in [0.25, 0.3) is 0 Å². The van der Waals surface area contributed by atoms with Gasteiger partial charge >= 0.3 is 5.97 Å². The molecular weight excluding hydrogens is 328 g/mol. The van der Waals surface area contributed by atoms with Crippen molar-refractivity contribution < 1.29 is 23.8 Å². The fraction of sp³-hybridized carbons (Fsp3) is 0.286. The van der Waals surface area contributed by atoms with Crippen molar-refractivity contribution in [3.05, 3.63) is 34.3 Å². The average molecular weight is 343 g/mol. The summed E-state index contributed by atoms with van der Waals surface area (Å²) >= 11 is 3.28. The van der Waals surface area contributed by atoms with Crippen LogP contribution >= 0.6 is 15.9 Å². The summed E-state index contributed by atoms with van der Waals surface area (Å²) in [7, 11) is 1.48. The maximum Gasteiger partial charge on any atom is 0.330 e. The van der Waals surface area contributed by atoms with Crippen LogP contribution in [0.1, 0.15) is 17.3 Å². The van der Waals surface area contributed by atoms with Gasteiger partial charge in [0.1, 0.15) is 6.61 Å². The molecule has 0 aliphatic heterocycles. The number of benzene rings is 1. The first-order chi connectivity index (χ1) is 9.62. The summed E-state index contributed by atoms with van der Waals surface area (Å²) in [5.74, 6) is 0.333. The van der Waals surface area contributed by atoms with E-state index in [0.29, 0.717) is 34.4 Å². The van der Waals surface area contributed by atoms with Crippen LogP contribution in [-0.2, 0) is 9.53 Å². The SMILES string of the molecule is CCOC(=O)/C=C/COc1c(C=O)cc(Br)cc1OC. The molecule has 0 radical (unpaired) electrons. The van der Waals surface area contributed by atoms with Crippen LogP contribution in [0.5, 0.6) is 11.5 Å². The van der Waals surface area contributed by atoms with Crippen LogP contribution in [0.25, 0.3) is 0 Å². The molecule has 6 heteroatoms. The fourth-order valence-corrected chi connectivity index (χ4v) is 1.90. The van der Waals surface area contributed by atoms with Crippen molar-refractivity contribution in [1.82, 2.24) is 0 Å². The molecule has 0 spiro atoms. The minimum Gasteiger partial charge on any atom is -0.493 e. The van der Waals surface area contributed by atoms with E-state index in [9.17, 15) is 9.59 Å². The highest BCUT2D eigenvalue weighted by Gasteiger charge is 2.11. The zero-order valence-electron chi connectivity index (χ0n) is 11.2. The summed E-state index contributed by atoms with van der Waals surface area (Å²) in [6, 6.07) is 3.32. The summed E-state index contributed by atoms with van der Waals surface area (Å²) in [6.07, 6.45) is 3.46. The number of carbonyl (C=O) groups is 2. The van der Waals surface area contributed by atoms with E-state index in [2.05, 4.69) is 15.9 Å². The number of hydrogen-bond acceptors (Lipinski definition) is 5. The van der Waals surface area contributed by atoms with Crippen LogP contribution in [0.4, 0.5) is 0 Å². The van der Waals surface area contributed by atoms with E-state index in [-0.39, 0.29) is 6.61 Å². The first kappa shape index (κ1) is 16.2. The van der Waals surface area contributed by atoms with Gasteiger partial charge in [0, 0.05) is 10.5 Å². The normalized spacial score (nSPS) is 10.3. The lowest BCUT2D eigenvalue weighted by molar-refractivity contribution is -0.137. The second kappa shape index (κ2) is 8.37. The van der Waals surface area contributed by atoms with Crippen molar-refractivity contribution in [1.29, 1.82) is 0 Å². The molecule has 0 saturated carbocycles. The van der Waals surface area contributed by atoms with Gasteiger partial charge in [-0.2, -0.15) is 0 Å². The molecule has 1 aromatic rings. The number of methoxy groups -OCH3 is 1. The fourth-order valence-electron chi connectivity index (χ4n) is 1.45. The molecule has 0 aliphatic carbocycles. The molecule has 0 amide bonds. The number of carbonyl (C=O) groups excluding carboxylic acids is 2. The summed E-state index contributed by atoms with van der Waals surface area (Å²) in [4.78, 5) is 22.1. The van der Waals surface area contributed by atoms with Crippen molar-refractivity contribution in [2.24, 2.45) is 0 Å². The van der Waals surface area contributed by atoms with Gasteiger partial charge in [-0.3, -0.25) is 4.79 Å². The number of ether oxygens (including phenoxy) is 3. The molecule has 1 rings (SSSR count). The van der Waals surface area contributed by atoms with Gasteiger partial charge in [-0.1, -0.05) is 15.9 Å². The van der Waals surface area contributed by atoms with Crippen molar-refractivity contribution in [3.8, 4) is 11.5 Å². The number of aldehydes is 1. The van der Waals surface area contributed by atoms with Crippen LogP contribution < -0.4 is 9.47 Å². The Balaban J connectivity index is 2.77. The zero-order chi connectivity index (χ0) is 15.0. The van der Waals surface area contributed by atoms with Gasteiger partial charge in [-0.15, -0.1) is 0 Å². The summed E-state index contributed by atoms with van der Waals surface area (Å²) in [5.41, 5.74) is 0.362. The number of hydrogen-bond donors (Lipinski definition) is 0. The molecule has 0 heterocycles. The van der Waals surface area contributed by atoms with Gasteiger partial charge < -0.3 is 14.2 Å². The van der Waals surface area contributed by atoms with Crippen LogP contribution in [0.2, 0.25) is 0 Å². The Morgan fingerprint density at radius 3 is 2.75 bits per heavy atom. The van der Waals surface area contributed by atoms with E-state index in [4.69, 9.17) is 14.2 Å². The highest BCUT2D eigenvalue weighted by molar-refractivity contribution is 9.10. The van der Waals surface area contributed by atoms with Gasteiger partial charge in [0.2, 0.25) is 0 Å². The van der Waals surface area contributed by atoms with Crippen molar-refractivity contribution >= 4 is 28.2 Å². The molecule has 0 atom stereocenters. The molecule has 0 bridgehead atoms. The molecule has 0 aliphatic rings. The Kier molecular flexibility index (Phi) is 6.79. The molecule has 0 aromatic heterocycles. The van der Waals surface area contributed by atoms with Crippen LogP contribution in [0.3, 0.4) is 0 Å². The van der Waals surface area contributed by atoms with E-state index < -0.39 is 5.97 Å². The lowest BCUT2D eigenvalue weighted by Gasteiger charge is -2.11. The molecule has 0 fully saturated rings. The van der Waals surface area contributed by atoms with E-state index >= 15 is 0 Å². The Morgan fingerprint density at radius 1 is 1.40 bits per heavy atom. The number of esters is 1. The Labute approximate surface area is 125 Å². The quantitative estimate of drug-likeness (QED) is 0.433. The van der Waals surface area contributed by atoms with Crippen molar-refractivity contribution in [2.75, 3.05) is 20.3 Å². The minimum atomic E-state index is -0.436. The first-order valence-corrected chi connectivity index (χ1v) is 6.70. The predicted octanol–water partition coefficient (Wildman–Crippen LogP) is 2.77. The smallest absolute Gasteiger partial charge is 0.330 e. The molecule has 1 aromatic carbocycles. The van der Waals surface area contributed by atoms with Crippen molar-refractivity contribution in [2.45, 2.75) is 6.92 Å². The second-order valence-electron chi connectivity index (χ2n) is 3.61. The highest BCUT2D eigenvalue weighted by atomic mass is 79.9. The summed E-state index contributed by atoms with van der Waals surface area (Å²) in [5, 5.41) is 0. The van der Waals surface area contributed by atoms with Gasteiger partial charge in [0.05, 0.1) is 19.3 Å². The van der Waals surface area contributed by atoms with E-state index in [0.717, 1.165) is 0 Å². The molecule has 108 valence electrons. The van der Waals surface area contributed by atoms with Crippen LogP contribution in [0.15, 0.2) is 28.8 Å². The molecule has 0 N–H and O–H groups in total. The predicted molar refractivity (Wildman–Crippen MR) is 77.3 cm³/mol. The topological polar surface area (TPSA) is 61.8 Å². The average Bonchev–Trinajstić information content (AvgIpc) is 2.44. The summed E-state index contributed by atoms with van der Waals surface area (Å²) < 4.78 is 16.1. The molecule has 5 nitrogen and oxygen atoms in total.